The quantitative estimate of drug-likeness (QED) is 0.622. The molecule has 0 aromatic carbocycles. The second-order valence-corrected chi connectivity index (χ2v) is 8.36. The molecule has 0 amide bonds. The number of aromatic nitrogens is 5. The lowest BCUT2D eigenvalue weighted by atomic mass is 9.78. The van der Waals surface area contributed by atoms with Gasteiger partial charge in [-0.2, -0.15) is 10.1 Å². The van der Waals surface area contributed by atoms with Gasteiger partial charge in [0.15, 0.2) is 5.65 Å². The summed E-state index contributed by atoms with van der Waals surface area (Å²) in [6.45, 7) is 7.38. The monoisotopic (exact) mass is 445 g/mol. The molecule has 5 heterocycles. The summed E-state index contributed by atoms with van der Waals surface area (Å²) in [6.07, 6.45) is 4.66. The van der Waals surface area contributed by atoms with Crippen molar-refractivity contribution in [3.63, 3.8) is 0 Å². The molecular formula is C21H28ClN7O2. The van der Waals surface area contributed by atoms with Crippen LogP contribution in [-0.2, 0) is 11.8 Å². The summed E-state index contributed by atoms with van der Waals surface area (Å²) in [6, 6.07) is 1.62. The third kappa shape index (κ3) is 3.76. The van der Waals surface area contributed by atoms with Gasteiger partial charge in [0.25, 0.3) is 5.56 Å². The molecule has 0 aliphatic carbocycles. The van der Waals surface area contributed by atoms with Gasteiger partial charge < -0.3 is 15.4 Å². The van der Waals surface area contributed by atoms with Crippen molar-refractivity contribution < 1.29 is 4.74 Å². The molecule has 0 unspecified atom stereocenters. The first-order chi connectivity index (χ1) is 15.0. The summed E-state index contributed by atoms with van der Waals surface area (Å²) in [5.74, 6) is 0.946. The molecule has 10 heteroatoms. The van der Waals surface area contributed by atoms with Crippen molar-refractivity contribution in [3.05, 3.63) is 27.6 Å². The number of piperidine rings is 1. The second-order valence-electron chi connectivity index (χ2n) is 7.95. The maximum Gasteiger partial charge on any atom is 0.266 e. The van der Waals surface area contributed by atoms with Gasteiger partial charge in [-0.25, -0.2) is 4.98 Å². The molecule has 3 aromatic heterocycles. The molecule has 31 heavy (non-hydrogen) atoms. The standard InChI is InChI=1S/C19H22ClN7O2.C2H6/c1-26-17(28)14-15(11-8-13(21)22-9-12(11)20)24-25-16(14)23-18(26)27-5-2-19(3-6-27)4-7-29-10-19;1-2/h8-9H,2-7,10H2,1H3,(H2,21,22)(H,24,25);1-2H3. The first-order valence-corrected chi connectivity index (χ1v) is 11.0. The van der Waals surface area contributed by atoms with Crippen LogP contribution in [0.15, 0.2) is 17.1 Å². The lowest BCUT2D eigenvalue weighted by molar-refractivity contribution is 0.133. The lowest BCUT2D eigenvalue weighted by Gasteiger charge is -2.39. The Balaban J connectivity index is 0.00000112. The number of nitrogen functional groups attached to an aromatic ring is 1. The highest BCUT2D eigenvalue weighted by atomic mass is 35.5. The van der Waals surface area contributed by atoms with Crippen LogP contribution in [0.5, 0.6) is 0 Å². The molecule has 2 fully saturated rings. The third-order valence-electron chi connectivity index (χ3n) is 6.21. The molecule has 0 atom stereocenters. The largest absolute Gasteiger partial charge is 0.384 e. The number of anilines is 2. The van der Waals surface area contributed by atoms with E-state index in [4.69, 9.17) is 27.1 Å². The Labute approximate surface area is 185 Å². The second kappa shape index (κ2) is 8.47. The molecule has 166 valence electrons. The van der Waals surface area contributed by atoms with E-state index in [1.54, 1.807) is 17.7 Å². The first-order valence-electron chi connectivity index (χ1n) is 10.7. The van der Waals surface area contributed by atoms with Crippen molar-refractivity contribution >= 4 is 34.4 Å². The summed E-state index contributed by atoms with van der Waals surface area (Å²) in [5, 5.41) is 7.96. The van der Waals surface area contributed by atoms with Gasteiger partial charge in [-0.3, -0.25) is 14.5 Å². The molecule has 0 radical (unpaired) electrons. The Morgan fingerprint density at radius 3 is 2.68 bits per heavy atom. The van der Waals surface area contributed by atoms with E-state index in [2.05, 4.69) is 20.1 Å². The molecular weight excluding hydrogens is 418 g/mol. The van der Waals surface area contributed by atoms with Crippen molar-refractivity contribution in [1.29, 1.82) is 0 Å². The topological polar surface area (TPSA) is 115 Å². The van der Waals surface area contributed by atoms with Crippen molar-refractivity contribution in [2.45, 2.75) is 33.1 Å². The van der Waals surface area contributed by atoms with Gasteiger partial charge >= 0.3 is 0 Å². The molecule has 5 rings (SSSR count). The molecule has 0 saturated carbocycles. The molecule has 2 aliphatic heterocycles. The van der Waals surface area contributed by atoms with Crippen molar-refractivity contribution in [2.75, 3.05) is 36.9 Å². The average Bonchev–Trinajstić information content (AvgIpc) is 3.42. The zero-order chi connectivity index (χ0) is 22.2. The summed E-state index contributed by atoms with van der Waals surface area (Å²) >= 11 is 6.28. The predicted octanol–water partition coefficient (Wildman–Crippen LogP) is 2.99. The fourth-order valence-corrected chi connectivity index (χ4v) is 4.59. The van der Waals surface area contributed by atoms with Crippen LogP contribution in [0.3, 0.4) is 0 Å². The minimum absolute atomic E-state index is 0.176. The number of hydrogen-bond donors (Lipinski definition) is 2. The fourth-order valence-electron chi connectivity index (χ4n) is 4.39. The Morgan fingerprint density at radius 2 is 2.00 bits per heavy atom. The van der Waals surface area contributed by atoms with E-state index in [1.807, 2.05) is 13.8 Å². The summed E-state index contributed by atoms with van der Waals surface area (Å²) < 4.78 is 7.20. The van der Waals surface area contributed by atoms with Gasteiger partial charge in [0, 0.05) is 38.5 Å². The SMILES string of the molecule is CC.Cn1c(N2CCC3(CCOC3)CC2)nc2n[nH]c(-c3cc(N)ncc3Cl)c2c1=O. The van der Waals surface area contributed by atoms with Crippen molar-refractivity contribution in [3.8, 4) is 11.3 Å². The van der Waals surface area contributed by atoms with Gasteiger partial charge in [0.05, 0.1) is 17.3 Å². The van der Waals surface area contributed by atoms with Crippen LogP contribution < -0.4 is 16.2 Å². The number of aromatic amines is 1. The zero-order valence-electron chi connectivity index (χ0n) is 18.1. The highest BCUT2D eigenvalue weighted by Crippen LogP contribution is 2.40. The number of ether oxygens (including phenoxy) is 1. The van der Waals surface area contributed by atoms with E-state index in [1.165, 1.54) is 6.20 Å². The van der Waals surface area contributed by atoms with Crippen LogP contribution in [0.4, 0.5) is 11.8 Å². The van der Waals surface area contributed by atoms with E-state index in [0.29, 0.717) is 39.1 Å². The number of halogens is 1. The predicted molar refractivity (Wildman–Crippen MR) is 122 cm³/mol. The maximum absolute atomic E-state index is 13.2. The number of pyridine rings is 1. The maximum atomic E-state index is 13.2. The van der Waals surface area contributed by atoms with Crippen LogP contribution in [0.1, 0.15) is 33.1 Å². The molecule has 1 spiro atoms. The number of fused-ring (bicyclic) bond motifs is 1. The Morgan fingerprint density at radius 1 is 1.26 bits per heavy atom. The number of nitrogens with zero attached hydrogens (tertiary/aromatic N) is 5. The smallest absolute Gasteiger partial charge is 0.266 e. The molecule has 2 saturated heterocycles. The van der Waals surface area contributed by atoms with E-state index in [9.17, 15) is 4.79 Å². The van der Waals surface area contributed by atoms with Crippen LogP contribution in [0, 0.1) is 5.41 Å². The first kappa shape index (κ1) is 21.6. The van der Waals surface area contributed by atoms with Crippen LogP contribution in [-0.4, -0.2) is 51.0 Å². The average molecular weight is 446 g/mol. The van der Waals surface area contributed by atoms with E-state index < -0.39 is 0 Å². The number of nitrogens with one attached hydrogen (secondary N) is 1. The molecule has 3 aromatic rings. The van der Waals surface area contributed by atoms with Crippen LogP contribution in [0.25, 0.3) is 22.3 Å². The number of nitrogens with two attached hydrogens (primary N) is 1. The summed E-state index contributed by atoms with van der Waals surface area (Å²) in [4.78, 5) is 24.1. The third-order valence-corrected chi connectivity index (χ3v) is 6.51. The minimum atomic E-state index is -0.176. The van der Waals surface area contributed by atoms with Gasteiger partial charge in [0.2, 0.25) is 5.95 Å². The molecule has 0 bridgehead atoms. The summed E-state index contributed by atoms with van der Waals surface area (Å²) in [5.41, 5.74) is 7.36. The molecule has 2 aliphatic rings. The fraction of sp³-hybridized carbons (Fsp3) is 0.524. The highest BCUT2D eigenvalue weighted by molar-refractivity contribution is 6.33. The Bertz CT molecular complexity index is 1140. The van der Waals surface area contributed by atoms with E-state index in [0.717, 1.165) is 45.6 Å². The van der Waals surface area contributed by atoms with Crippen molar-refractivity contribution in [2.24, 2.45) is 12.5 Å². The van der Waals surface area contributed by atoms with E-state index >= 15 is 0 Å². The molecule has 9 nitrogen and oxygen atoms in total. The lowest BCUT2D eigenvalue weighted by Crippen LogP contribution is -2.43. The van der Waals surface area contributed by atoms with Gasteiger partial charge in [-0.05, 0) is 30.7 Å². The summed E-state index contributed by atoms with van der Waals surface area (Å²) in [7, 11) is 1.74. The Kier molecular flexibility index (Phi) is 5.90. The number of hydrogen-bond acceptors (Lipinski definition) is 7. The van der Waals surface area contributed by atoms with Crippen LogP contribution >= 0.6 is 11.6 Å². The van der Waals surface area contributed by atoms with E-state index in [-0.39, 0.29) is 11.0 Å². The van der Waals surface area contributed by atoms with Gasteiger partial charge in [-0.15, -0.1) is 0 Å². The zero-order valence-corrected chi connectivity index (χ0v) is 18.9. The van der Waals surface area contributed by atoms with Crippen LogP contribution in [0.2, 0.25) is 5.02 Å². The number of rotatable bonds is 2. The van der Waals surface area contributed by atoms with Gasteiger partial charge in [-0.1, -0.05) is 25.4 Å². The Hall–Kier alpha value is -2.65. The highest BCUT2D eigenvalue weighted by Gasteiger charge is 2.38. The van der Waals surface area contributed by atoms with Crippen molar-refractivity contribution in [1.82, 2.24) is 24.7 Å². The van der Waals surface area contributed by atoms with Gasteiger partial charge in [0.1, 0.15) is 11.2 Å². The minimum Gasteiger partial charge on any atom is -0.384 e. The molecule has 3 N–H and O–H groups in total. The normalized spacial score (nSPS) is 17.7. The number of H-pyrrole nitrogens is 1.